The summed E-state index contributed by atoms with van der Waals surface area (Å²) < 4.78 is 5.23. The molecule has 0 aromatic carbocycles. The van der Waals surface area contributed by atoms with Gasteiger partial charge in [-0.3, -0.25) is 0 Å². The summed E-state index contributed by atoms with van der Waals surface area (Å²) in [7, 11) is 0. The minimum Gasteiger partial charge on any atom is -0.444 e. The third-order valence-electron chi connectivity index (χ3n) is 3.58. The molecule has 2 fully saturated rings. The lowest BCUT2D eigenvalue weighted by Gasteiger charge is -2.22. The number of carbonyl (C=O) groups is 2. The fourth-order valence-corrected chi connectivity index (χ4v) is 2.58. The average Bonchev–Trinajstić information content (AvgIpc) is 2.97. The summed E-state index contributed by atoms with van der Waals surface area (Å²) in [6, 6.07) is 0.139. The first kappa shape index (κ1) is 15.9. The number of ether oxygens (including phenoxy) is 1. The van der Waals surface area contributed by atoms with E-state index in [0.717, 1.165) is 25.9 Å². The molecule has 3 N–H and O–H groups in total. The van der Waals surface area contributed by atoms with E-state index in [9.17, 15) is 9.59 Å². The lowest BCUT2D eigenvalue weighted by Crippen LogP contribution is -2.46. The molecule has 0 spiro atoms. The van der Waals surface area contributed by atoms with E-state index in [1.54, 1.807) is 4.90 Å². The number of amides is 3. The first-order chi connectivity index (χ1) is 9.83. The Bertz CT molecular complexity index is 388. The van der Waals surface area contributed by atoms with Crippen LogP contribution in [-0.2, 0) is 4.74 Å². The van der Waals surface area contributed by atoms with Crippen molar-refractivity contribution in [1.29, 1.82) is 0 Å². The minimum atomic E-state index is -0.505. The van der Waals surface area contributed by atoms with Crippen molar-refractivity contribution in [2.24, 2.45) is 0 Å². The molecular formula is C14H26N4O3. The first-order valence-electron chi connectivity index (χ1n) is 7.59. The highest BCUT2D eigenvalue weighted by molar-refractivity contribution is 5.75. The molecule has 120 valence electrons. The Morgan fingerprint density at radius 1 is 1.19 bits per heavy atom. The van der Waals surface area contributed by atoms with Crippen molar-refractivity contribution < 1.29 is 14.3 Å². The number of hydrogen-bond donors (Lipinski definition) is 3. The smallest absolute Gasteiger partial charge is 0.407 e. The molecule has 0 bridgehead atoms. The normalized spacial score (nSPS) is 25.8. The van der Waals surface area contributed by atoms with Gasteiger partial charge in [0.25, 0.3) is 0 Å². The highest BCUT2D eigenvalue weighted by atomic mass is 16.6. The second-order valence-corrected chi connectivity index (χ2v) is 6.72. The van der Waals surface area contributed by atoms with E-state index in [0.29, 0.717) is 13.1 Å². The number of alkyl carbamates (subject to hydrolysis) is 1. The molecular weight excluding hydrogens is 272 g/mol. The number of urea groups is 1. The second kappa shape index (κ2) is 6.51. The van der Waals surface area contributed by atoms with Crippen LogP contribution in [-0.4, -0.2) is 60.9 Å². The van der Waals surface area contributed by atoms with Crippen molar-refractivity contribution >= 4 is 12.1 Å². The number of rotatable bonds is 2. The van der Waals surface area contributed by atoms with Gasteiger partial charge in [0, 0.05) is 25.7 Å². The summed E-state index contributed by atoms with van der Waals surface area (Å²) >= 11 is 0. The van der Waals surface area contributed by atoms with E-state index in [1.165, 1.54) is 0 Å². The molecule has 2 aliphatic heterocycles. The zero-order valence-electron chi connectivity index (χ0n) is 13.1. The van der Waals surface area contributed by atoms with Crippen LogP contribution in [0.15, 0.2) is 0 Å². The van der Waals surface area contributed by atoms with E-state index in [1.807, 2.05) is 20.8 Å². The summed E-state index contributed by atoms with van der Waals surface area (Å²) in [5, 5.41) is 9.05. The van der Waals surface area contributed by atoms with Crippen LogP contribution in [0.2, 0.25) is 0 Å². The molecule has 2 unspecified atom stereocenters. The van der Waals surface area contributed by atoms with Gasteiger partial charge in [0.2, 0.25) is 0 Å². The van der Waals surface area contributed by atoms with Crippen LogP contribution in [0.1, 0.15) is 33.6 Å². The van der Waals surface area contributed by atoms with E-state index in [-0.39, 0.29) is 18.1 Å². The van der Waals surface area contributed by atoms with E-state index >= 15 is 0 Å². The topological polar surface area (TPSA) is 82.7 Å². The molecule has 7 nitrogen and oxygen atoms in total. The Kier molecular flexibility index (Phi) is 4.92. The molecule has 2 heterocycles. The summed E-state index contributed by atoms with van der Waals surface area (Å²) in [5.74, 6) is 0. The zero-order valence-corrected chi connectivity index (χ0v) is 13.1. The maximum Gasteiger partial charge on any atom is 0.407 e. The van der Waals surface area contributed by atoms with Gasteiger partial charge >= 0.3 is 12.1 Å². The molecule has 0 aliphatic carbocycles. The van der Waals surface area contributed by atoms with Crippen molar-refractivity contribution in [3.8, 4) is 0 Å². The third kappa shape index (κ3) is 5.08. The second-order valence-electron chi connectivity index (χ2n) is 6.72. The standard InChI is InChI=1S/C14H26N4O3/c1-14(2,3)21-13(20)17-11-5-7-18(9-11)12(19)16-10-4-6-15-8-10/h10-11,15H,4-9H2,1-3H3,(H,16,19)(H,17,20). The molecule has 2 rings (SSSR count). The Labute approximate surface area is 125 Å². The Hall–Kier alpha value is -1.50. The van der Waals surface area contributed by atoms with Gasteiger partial charge < -0.3 is 25.6 Å². The van der Waals surface area contributed by atoms with Gasteiger partial charge in [-0.1, -0.05) is 0 Å². The molecule has 0 radical (unpaired) electrons. The van der Waals surface area contributed by atoms with Crippen molar-refractivity contribution in [2.75, 3.05) is 26.2 Å². The lowest BCUT2D eigenvalue weighted by molar-refractivity contribution is 0.0506. The number of likely N-dealkylation sites (tertiary alicyclic amines) is 1. The van der Waals surface area contributed by atoms with Crippen LogP contribution in [0.25, 0.3) is 0 Å². The van der Waals surface area contributed by atoms with Gasteiger partial charge in [-0.25, -0.2) is 9.59 Å². The molecule has 2 saturated heterocycles. The molecule has 7 heteroatoms. The Balaban J connectivity index is 1.72. The highest BCUT2D eigenvalue weighted by Gasteiger charge is 2.30. The van der Waals surface area contributed by atoms with Crippen LogP contribution < -0.4 is 16.0 Å². The van der Waals surface area contributed by atoms with Crippen LogP contribution in [0, 0.1) is 0 Å². The van der Waals surface area contributed by atoms with E-state index in [4.69, 9.17) is 4.74 Å². The molecule has 21 heavy (non-hydrogen) atoms. The number of nitrogens with one attached hydrogen (secondary N) is 3. The van der Waals surface area contributed by atoms with Crippen LogP contribution in [0.3, 0.4) is 0 Å². The summed E-state index contributed by atoms with van der Waals surface area (Å²) in [4.78, 5) is 25.6. The molecule has 0 aromatic rings. The largest absolute Gasteiger partial charge is 0.444 e. The molecule has 0 aromatic heterocycles. The quantitative estimate of drug-likeness (QED) is 0.699. The zero-order chi connectivity index (χ0) is 15.5. The lowest BCUT2D eigenvalue weighted by atomic mass is 10.2. The predicted molar refractivity (Wildman–Crippen MR) is 79.2 cm³/mol. The molecule has 0 saturated carbocycles. The summed E-state index contributed by atoms with van der Waals surface area (Å²) in [5.41, 5.74) is -0.505. The maximum atomic E-state index is 12.1. The monoisotopic (exact) mass is 298 g/mol. The Morgan fingerprint density at radius 3 is 2.57 bits per heavy atom. The number of carbonyl (C=O) groups excluding carboxylic acids is 2. The van der Waals surface area contributed by atoms with Crippen molar-refractivity contribution in [3.63, 3.8) is 0 Å². The van der Waals surface area contributed by atoms with E-state index in [2.05, 4.69) is 16.0 Å². The van der Waals surface area contributed by atoms with Crippen molar-refractivity contribution in [3.05, 3.63) is 0 Å². The van der Waals surface area contributed by atoms with Gasteiger partial charge in [-0.05, 0) is 40.2 Å². The third-order valence-corrected chi connectivity index (χ3v) is 3.58. The maximum absolute atomic E-state index is 12.1. The summed E-state index contributed by atoms with van der Waals surface area (Å²) in [6.07, 6.45) is 1.31. The van der Waals surface area contributed by atoms with Crippen LogP contribution >= 0.6 is 0 Å². The van der Waals surface area contributed by atoms with Crippen LogP contribution in [0.4, 0.5) is 9.59 Å². The van der Waals surface area contributed by atoms with E-state index < -0.39 is 11.7 Å². The van der Waals surface area contributed by atoms with Crippen molar-refractivity contribution in [2.45, 2.75) is 51.3 Å². The Morgan fingerprint density at radius 2 is 1.95 bits per heavy atom. The first-order valence-corrected chi connectivity index (χ1v) is 7.59. The minimum absolute atomic E-state index is 0.0349. The van der Waals surface area contributed by atoms with Gasteiger partial charge in [0.05, 0.1) is 6.04 Å². The SMILES string of the molecule is CC(C)(C)OC(=O)NC1CCN(C(=O)NC2CCNC2)C1. The highest BCUT2D eigenvalue weighted by Crippen LogP contribution is 2.12. The predicted octanol–water partition coefficient (Wildman–Crippen LogP) is 0.657. The molecule has 2 atom stereocenters. The number of nitrogens with zero attached hydrogens (tertiary/aromatic N) is 1. The van der Waals surface area contributed by atoms with Gasteiger partial charge in [0.1, 0.15) is 5.60 Å². The van der Waals surface area contributed by atoms with Gasteiger partial charge in [-0.2, -0.15) is 0 Å². The van der Waals surface area contributed by atoms with Crippen LogP contribution in [0.5, 0.6) is 0 Å². The fraction of sp³-hybridized carbons (Fsp3) is 0.857. The van der Waals surface area contributed by atoms with Gasteiger partial charge in [-0.15, -0.1) is 0 Å². The number of hydrogen-bond acceptors (Lipinski definition) is 4. The summed E-state index contributed by atoms with van der Waals surface area (Å²) in [6.45, 7) is 8.47. The fourth-order valence-electron chi connectivity index (χ4n) is 2.58. The van der Waals surface area contributed by atoms with Gasteiger partial charge in [0.15, 0.2) is 0 Å². The molecule has 3 amide bonds. The molecule has 2 aliphatic rings. The van der Waals surface area contributed by atoms with Crippen molar-refractivity contribution in [1.82, 2.24) is 20.9 Å². The average molecular weight is 298 g/mol.